The summed E-state index contributed by atoms with van der Waals surface area (Å²) in [5.41, 5.74) is 2.32. The first-order valence-electron chi connectivity index (χ1n) is 11.3. The van der Waals surface area contributed by atoms with E-state index in [0.717, 1.165) is 23.3 Å². The van der Waals surface area contributed by atoms with Crippen LogP contribution in [0.2, 0.25) is 0 Å². The van der Waals surface area contributed by atoms with Crippen LogP contribution in [0.1, 0.15) is 47.4 Å². The number of carbonyl (C=O) groups is 1. The first-order chi connectivity index (χ1) is 17.0. The fourth-order valence-electron chi connectivity index (χ4n) is 4.72. The Morgan fingerprint density at radius 1 is 1.09 bits per heavy atom. The molecule has 180 valence electrons. The summed E-state index contributed by atoms with van der Waals surface area (Å²) in [5, 5.41) is 3.11. The smallest absolute Gasteiger partial charge is 0.227 e. The maximum atomic E-state index is 14.4. The van der Waals surface area contributed by atoms with Gasteiger partial charge in [-0.05, 0) is 30.5 Å². The molecule has 2 heterocycles. The molecule has 0 fully saturated rings. The van der Waals surface area contributed by atoms with Crippen molar-refractivity contribution in [1.29, 1.82) is 0 Å². The van der Waals surface area contributed by atoms with Crippen molar-refractivity contribution in [2.75, 3.05) is 0 Å². The second-order valence-electron chi connectivity index (χ2n) is 8.61. The average Bonchev–Trinajstić information content (AvgIpc) is 3.59. The van der Waals surface area contributed by atoms with E-state index in [0.29, 0.717) is 31.3 Å². The van der Waals surface area contributed by atoms with E-state index in [4.69, 9.17) is 8.83 Å². The number of hydrogen-bond donors (Lipinski definition) is 1. The van der Waals surface area contributed by atoms with Crippen LogP contribution in [-0.4, -0.2) is 26.8 Å². The van der Waals surface area contributed by atoms with Gasteiger partial charge in [0.05, 0.1) is 43.5 Å². The van der Waals surface area contributed by atoms with Gasteiger partial charge in [-0.25, -0.2) is 18.7 Å². The van der Waals surface area contributed by atoms with Crippen molar-refractivity contribution in [3.8, 4) is 0 Å². The lowest BCUT2D eigenvalue weighted by Crippen LogP contribution is -2.45. The summed E-state index contributed by atoms with van der Waals surface area (Å²) in [5.74, 6) is -1.52. The predicted octanol–water partition coefficient (Wildman–Crippen LogP) is 4.53. The van der Waals surface area contributed by atoms with Gasteiger partial charge in [0.2, 0.25) is 17.7 Å². The molecule has 0 saturated heterocycles. The number of nitrogens with one attached hydrogen (secondary N) is 1. The second-order valence-corrected chi connectivity index (χ2v) is 8.61. The lowest BCUT2D eigenvalue weighted by Gasteiger charge is -2.33. The van der Waals surface area contributed by atoms with Crippen LogP contribution in [-0.2, 0) is 24.3 Å². The Balaban J connectivity index is 1.44. The van der Waals surface area contributed by atoms with Gasteiger partial charge in [0, 0.05) is 11.6 Å². The summed E-state index contributed by atoms with van der Waals surface area (Å²) in [6, 6.07) is 10.7. The molecule has 4 aromatic rings. The summed E-state index contributed by atoms with van der Waals surface area (Å²) in [7, 11) is 0. The van der Waals surface area contributed by atoms with Crippen molar-refractivity contribution in [1.82, 2.24) is 20.2 Å². The fraction of sp³-hybridized carbons (Fsp3) is 0.269. The van der Waals surface area contributed by atoms with E-state index in [1.54, 1.807) is 19.3 Å². The maximum Gasteiger partial charge on any atom is 0.227 e. The van der Waals surface area contributed by atoms with Crippen molar-refractivity contribution in [3.05, 3.63) is 107 Å². The van der Waals surface area contributed by atoms with E-state index in [9.17, 15) is 13.6 Å². The molecule has 1 aliphatic rings. The predicted molar refractivity (Wildman–Crippen MR) is 122 cm³/mol. The van der Waals surface area contributed by atoms with Gasteiger partial charge in [0.1, 0.15) is 24.2 Å². The molecule has 0 radical (unpaired) electrons. The lowest BCUT2D eigenvalue weighted by atomic mass is 9.98. The van der Waals surface area contributed by atoms with Gasteiger partial charge in [-0.15, -0.1) is 0 Å². The molecule has 0 saturated carbocycles. The van der Waals surface area contributed by atoms with Crippen LogP contribution >= 0.6 is 0 Å². The topological polar surface area (TPSA) is 84.4 Å². The van der Waals surface area contributed by atoms with Crippen LogP contribution in [0.25, 0.3) is 0 Å². The SMILES string of the molecule is CC(C(=O)N[C@H]1Cc2ccccc2[C@@H]1N(Cc1ncco1)Cc1ncco1)c1ccc(F)cc1F. The molecule has 1 unspecified atom stereocenters. The van der Waals surface area contributed by atoms with Gasteiger partial charge in [-0.1, -0.05) is 30.3 Å². The molecule has 2 aromatic heterocycles. The summed E-state index contributed by atoms with van der Waals surface area (Å²) in [4.78, 5) is 23.9. The Morgan fingerprint density at radius 2 is 1.77 bits per heavy atom. The number of carbonyl (C=O) groups excluding carboxylic acids is 1. The highest BCUT2D eigenvalue weighted by atomic mass is 19.1. The molecule has 0 spiro atoms. The Hall–Kier alpha value is -3.85. The molecule has 9 heteroatoms. The number of nitrogens with zero attached hydrogens (tertiary/aromatic N) is 3. The molecular formula is C26H24F2N4O3. The Bertz CT molecular complexity index is 1260. The van der Waals surface area contributed by atoms with Gasteiger partial charge in [-0.2, -0.15) is 0 Å². The van der Waals surface area contributed by atoms with Crippen molar-refractivity contribution < 1.29 is 22.4 Å². The number of halogens is 2. The van der Waals surface area contributed by atoms with Crippen LogP contribution in [0.15, 0.2) is 76.2 Å². The molecule has 7 nitrogen and oxygen atoms in total. The molecule has 5 rings (SSSR count). The summed E-state index contributed by atoms with van der Waals surface area (Å²) in [6.45, 7) is 2.34. The largest absolute Gasteiger partial charge is 0.448 e. The molecule has 2 aromatic carbocycles. The standard InChI is InChI=1S/C26H24F2N4O3/c1-16(19-7-6-18(27)13-21(19)28)26(33)31-22-12-17-4-2-3-5-20(17)25(22)32(14-23-29-8-10-34-23)15-24-30-9-11-35-24/h2-11,13,16,22,25H,12,14-15H2,1H3,(H,31,33)/t16?,22-,25-/m0/s1. The first kappa shape index (κ1) is 22.9. The van der Waals surface area contributed by atoms with Gasteiger partial charge in [-0.3, -0.25) is 9.69 Å². The Morgan fingerprint density at radius 3 is 2.40 bits per heavy atom. The van der Waals surface area contributed by atoms with Crippen LogP contribution in [0, 0.1) is 11.6 Å². The van der Waals surface area contributed by atoms with E-state index in [1.165, 1.54) is 18.6 Å². The van der Waals surface area contributed by atoms with E-state index >= 15 is 0 Å². The summed E-state index contributed by atoms with van der Waals surface area (Å²) in [6.07, 6.45) is 6.79. The van der Waals surface area contributed by atoms with Crippen LogP contribution < -0.4 is 5.32 Å². The highest BCUT2D eigenvalue weighted by Gasteiger charge is 2.39. The maximum absolute atomic E-state index is 14.4. The number of fused-ring (bicyclic) bond motifs is 1. The number of oxazole rings is 2. The monoisotopic (exact) mass is 478 g/mol. The van der Waals surface area contributed by atoms with Crippen LogP contribution in [0.3, 0.4) is 0 Å². The highest BCUT2D eigenvalue weighted by molar-refractivity contribution is 5.83. The van der Waals surface area contributed by atoms with Gasteiger partial charge < -0.3 is 14.2 Å². The Labute approximate surface area is 200 Å². The zero-order valence-electron chi connectivity index (χ0n) is 19.0. The fourth-order valence-corrected chi connectivity index (χ4v) is 4.72. The molecule has 0 aliphatic heterocycles. The minimum atomic E-state index is -0.799. The molecule has 3 atom stereocenters. The number of hydrogen-bond acceptors (Lipinski definition) is 6. The normalized spacial score (nSPS) is 17.9. The first-order valence-corrected chi connectivity index (χ1v) is 11.3. The third-order valence-electron chi connectivity index (χ3n) is 6.38. The third-order valence-corrected chi connectivity index (χ3v) is 6.38. The van der Waals surface area contributed by atoms with E-state index in [2.05, 4.69) is 20.2 Å². The molecule has 1 aliphatic carbocycles. The quantitative estimate of drug-likeness (QED) is 0.401. The van der Waals surface area contributed by atoms with E-state index in [1.807, 2.05) is 24.3 Å². The van der Waals surface area contributed by atoms with Gasteiger partial charge in [0.15, 0.2) is 0 Å². The zero-order chi connectivity index (χ0) is 24.4. The van der Waals surface area contributed by atoms with Crippen LogP contribution in [0.5, 0.6) is 0 Å². The van der Waals surface area contributed by atoms with E-state index in [-0.39, 0.29) is 23.6 Å². The van der Waals surface area contributed by atoms with Gasteiger partial charge in [0.25, 0.3) is 0 Å². The van der Waals surface area contributed by atoms with Crippen molar-refractivity contribution in [2.24, 2.45) is 0 Å². The Kier molecular flexibility index (Phi) is 6.41. The second kappa shape index (κ2) is 9.79. The van der Waals surface area contributed by atoms with Crippen LogP contribution in [0.4, 0.5) is 8.78 Å². The summed E-state index contributed by atoms with van der Waals surface area (Å²) < 4.78 is 38.7. The molecule has 1 N–H and O–H groups in total. The molecule has 1 amide bonds. The molecule has 35 heavy (non-hydrogen) atoms. The average molecular weight is 478 g/mol. The minimum absolute atomic E-state index is 0.146. The van der Waals surface area contributed by atoms with Crippen molar-refractivity contribution in [3.63, 3.8) is 0 Å². The number of aromatic nitrogens is 2. The lowest BCUT2D eigenvalue weighted by molar-refractivity contribution is -0.123. The van der Waals surface area contributed by atoms with E-state index < -0.39 is 17.6 Å². The van der Waals surface area contributed by atoms with Crippen molar-refractivity contribution >= 4 is 5.91 Å². The zero-order valence-corrected chi connectivity index (χ0v) is 19.0. The minimum Gasteiger partial charge on any atom is -0.448 e. The highest BCUT2D eigenvalue weighted by Crippen LogP contribution is 2.38. The summed E-state index contributed by atoms with van der Waals surface area (Å²) >= 11 is 0. The number of rotatable bonds is 8. The van der Waals surface area contributed by atoms with Gasteiger partial charge >= 0.3 is 0 Å². The molecule has 0 bridgehead atoms. The third kappa shape index (κ3) is 4.85. The molecular weight excluding hydrogens is 454 g/mol. The number of amides is 1. The number of benzene rings is 2. The van der Waals surface area contributed by atoms with Crippen molar-refractivity contribution in [2.45, 2.75) is 44.4 Å².